The Morgan fingerprint density at radius 2 is 1.59 bits per heavy atom. The lowest BCUT2D eigenvalue weighted by Crippen LogP contribution is -2.55. The molecule has 1 saturated carbocycles. The zero-order valence-electron chi connectivity index (χ0n) is 34.6. The average molecular weight is 757 g/mol. The number of carboxylic acids is 1. The summed E-state index contributed by atoms with van der Waals surface area (Å²) in [5.41, 5.74) is 0.760. The molecule has 0 unspecified atom stereocenters. The normalized spacial score (nSPS) is 20.8. The van der Waals surface area contributed by atoms with Gasteiger partial charge in [0.25, 0.3) is 0 Å². The summed E-state index contributed by atoms with van der Waals surface area (Å²) in [7, 11) is 6.62. The van der Waals surface area contributed by atoms with Crippen molar-refractivity contribution in [1.82, 2.24) is 20.4 Å². The van der Waals surface area contributed by atoms with Gasteiger partial charge in [-0.1, -0.05) is 85.2 Å². The molecule has 3 rings (SSSR count). The van der Waals surface area contributed by atoms with E-state index in [-0.39, 0.29) is 66.1 Å². The maximum atomic E-state index is 14.4. The smallest absolute Gasteiger partial charge is 0.326 e. The number of rotatable bonds is 22. The number of ether oxygens (including phenoxy) is 2. The van der Waals surface area contributed by atoms with E-state index in [2.05, 4.69) is 17.6 Å². The molecule has 0 bridgehead atoms. The van der Waals surface area contributed by atoms with E-state index < -0.39 is 54.0 Å². The average Bonchev–Trinajstić information content (AvgIpc) is 3.79. The molecule has 2 aliphatic rings. The topological polar surface area (TPSA) is 155 Å². The molecule has 54 heavy (non-hydrogen) atoms. The Morgan fingerprint density at radius 3 is 2.07 bits per heavy atom. The maximum Gasteiger partial charge on any atom is 0.326 e. The zero-order valence-corrected chi connectivity index (χ0v) is 34.6. The van der Waals surface area contributed by atoms with Crippen molar-refractivity contribution in [3.63, 3.8) is 0 Å². The number of methoxy groups -OCH3 is 2. The highest BCUT2D eigenvalue weighted by atomic mass is 16.5. The highest BCUT2D eigenvalue weighted by Gasteiger charge is 2.56. The molecule has 1 aromatic rings. The van der Waals surface area contributed by atoms with Crippen molar-refractivity contribution in [2.45, 2.75) is 130 Å². The fraction of sp³-hybridized carbons (Fsp3) is 0.738. The van der Waals surface area contributed by atoms with Crippen molar-refractivity contribution in [2.75, 3.05) is 34.9 Å². The summed E-state index contributed by atoms with van der Waals surface area (Å²) in [4.78, 5) is 71.4. The summed E-state index contributed by atoms with van der Waals surface area (Å²) in [5.74, 6) is -3.14. The number of benzene rings is 1. The van der Waals surface area contributed by atoms with Crippen LogP contribution in [0.2, 0.25) is 0 Å². The van der Waals surface area contributed by atoms with Gasteiger partial charge < -0.3 is 35.0 Å². The second kappa shape index (κ2) is 20.0. The van der Waals surface area contributed by atoms with Crippen molar-refractivity contribution < 1.29 is 38.6 Å². The molecule has 9 atom stereocenters. The predicted molar refractivity (Wildman–Crippen MR) is 209 cm³/mol. The summed E-state index contributed by atoms with van der Waals surface area (Å²) in [6, 6.07) is 6.84. The number of Topliss-reactive ketones (excluding diaryl/α,β-unsaturated/α-hetero) is 1. The highest BCUT2D eigenvalue weighted by Crippen LogP contribution is 2.56. The van der Waals surface area contributed by atoms with Gasteiger partial charge in [0, 0.05) is 46.6 Å². The van der Waals surface area contributed by atoms with Crippen molar-refractivity contribution in [1.29, 1.82) is 0 Å². The third-order valence-corrected chi connectivity index (χ3v) is 12.2. The molecule has 12 heteroatoms. The van der Waals surface area contributed by atoms with E-state index in [1.807, 2.05) is 69.9 Å². The minimum atomic E-state index is -1.13. The van der Waals surface area contributed by atoms with Crippen LogP contribution in [0.1, 0.15) is 92.6 Å². The molecule has 1 heterocycles. The number of carboxylic acid groups (broad SMARTS) is 1. The van der Waals surface area contributed by atoms with Gasteiger partial charge in [0.2, 0.25) is 17.7 Å². The van der Waals surface area contributed by atoms with Crippen LogP contribution in [0.25, 0.3) is 0 Å². The van der Waals surface area contributed by atoms with Crippen molar-refractivity contribution in [2.24, 2.45) is 35.0 Å². The molecular formula is C42H68N4O8. The van der Waals surface area contributed by atoms with Crippen molar-refractivity contribution >= 4 is 29.5 Å². The lowest BCUT2D eigenvalue weighted by Gasteiger charge is -2.41. The van der Waals surface area contributed by atoms with Gasteiger partial charge in [-0.15, -0.1) is 0 Å². The molecule has 1 aliphatic heterocycles. The number of nitrogens with one attached hydrogen (secondary N) is 2. The van der Waals surface area contributed by atoms with E-state index in [4.69, 9.17) is 9.47 Å². The van der Waals surface area contributed by atoms with E-state index in [0.717, 1.165) is 24.8 Å². The first kappa shape index (κ1) is 45.0. The van der Waals surface area contributed by atoms with Crippen LogP contribution in [0.3, 0.4) is 0 Å². The molecule has 1 spiro atoms. The number of likely N-dealkylation sites (tertiary alicyclic amines) is 1. The fourth-order valence-electron chi connectivity index (χ4n) is 8.50. The SMILES string of the molecule is CC[C@H](C)[C@@H]([C@@H](CC(=O)N1CC2(CC2)C[C@H]1[C@H](OC)[C@@H](C)C(=O)N[C@@H](Cc1ccccc1)C(=O)O)OC)N(C)C(=O)[C@@H](CC(=O)[C@@H](NC)C(C)C)C(C)C. The molecule has 3 N–H and O–H groups in total. The van der Waals surface area contributed by atoms with Gasteiger partial charge in [-0.2, -0.15) is 0 Å². The van der Waals surface area contributed by atoms with Gasteiger partial charge in [0.05, 0.1) is 42.7 Å². The molecule has 1 saturated heterocycles. The maximum absolute atomic E-state index is 14.4. The van der Waals surface area contributed by atoms with Gasteiger partial charge in [-0.05, 0) is 55.0 Å². The number of likely N-dealkylation sites (N-methyl/N-ethyl adjacent to an activating group) is 2. The van der Waals surface area contributed by atoms with Crippen LogP contribution in [-0.4, -0.2) is 116 Å². The number of aliphatic carboxylic acids is 1. The van der Waals surface area contributed by atoms with Gasteiger partial charge in [-0.3, -0.25) is 19.2 Å². The number of carbonyl (C=O) groups excluding carboxylic acids is 4. The first-order valence-corrected chi connectivity index (χ1v) is 19.8. The van der Waals surface area contributed by atoms with Gasteiger partial charge in [0.15, 0.2) is 5.78 Å². The van der Waals surface area contributed by atoms with E-state index in [0.29, 0.717) is 13.0 Å². The zero-order chi connectivity index (χ0) is 40.5. The first-order valence-electron chi connectivity index (χ1n) is 19.8. The third-order valence-electron chi connectivity index (χ3n) is 12.2. The third kappa shape index (κ3) is 11.1. The molecule has 1 aromatic carbocycles. The van der Waals surface area contributed by atoms with E-state index >= 15 is 0 Å². The predicted octanol–water partition coefficient (Wildman–Crippen LogP) is 4.58. The molecule has 3 amide bonds. The largest absolute Gasteiger partial charge is 0.480 e. The number of hydrogen-bond acceptors (Lipinski definition) is 8. The van der Waals surface area contributed by atoms with Crippen LogP contribution in [0.5, 0.6) is 0 Å². The molecule has 12 nitrogen and oxygen atoms in total. The summed E-state index contributed by atoms with van der Waals surface area (Å²) in [6.45, 7) is 14.3. The number of ketones is 1. The monoisotopic (exact) mass is 757 g/mol. The minimum Gasteiger partial charge on any atom is -0.480 e. The standard InChI is InChI=1S/C42H68N4O8/c1-12-27(6)37(45(9)40(50)30(25(2)3)21-33(47)36(43-8)26(4)5)34(53-10)22-35(48)46-24-42(18-19-42)23-32(46)38(54-11)28(7)39(49)44-31(41(51)52)20-29-16-14-13-15-17-29/h13-17,25-28,30-32,34,36-38,43H,12,18-24H2,1-11H3,(H,44,49)(H,51,52)/t27-,28+,30-,31-,32-,34+,36-,37-,38+/m0/s1. The Morgan fingerprint density at radius 1 is 0.963 bits per heavy atom. The fourth-order valence-corrected chi connectivity index (χ4v) is 8.50. The minimum absolute atomic E-state index is 0.00544. The lowest BCUT2D eigenvalue weighted by molar-refractivity contribution is -0.149. The van der Waals surface area contributed by atoms with E-state index in [1.54, 1.807) is 33.0 Å². The van der Waals surface area contributed by atoms with Gasteiger partial charge >= 0.3 is 5.97 Å². The Bertz CT molecular complexity index is 1420. The molecule has 0 radical (unpaired) electrons. The Labute approximate surface area is 323 Å². The molecule has 2 fully saturated rings. The summed E-state index contributed by atoms with van der Waals surface area (Å²) in [6.07, 6.45) is 2.35. The van der Waals surface area contributed by atoms with Gasteiger partial charge in [0.1, 0.15) is 6.04 Å². The Balaban J connectivity index is 1.83. The molecular weight excluding hydrogens is 688 g/mol. The molecule has 1 aliphatic carbocycles. The van der Waals surface area contributed by atoms with Crippen LogP contribution >= 0.6 is 0 Å². The summed E-state index contributed by atoms with van der Waals surface area (Å²) < 4.78 is 12.1. The van der Waals surface area contributed by atoms with Gasteiger partial charge in [-0.25, -0.2) is 4.79 Å². The summed E-state index contributed by atoms with van der Waals surface area (Å²) in [5, 5.41) is 15.8. The number of nitrogens with zero attached hydrogens (tertiary/aromatic N) is 2. The first-order chi connectivity index (χ1) is 25.4. The summed E-state index contributed by atoms with van der Waals surface area (Å²) >= 11 is 0. The quantitative estimate of drug-likeness (QED) is 0.154. The van der Waals surface area contributed by atoms with E-state index in [9.17, 15) is 29.1 Å². The lowest BCUT2D eigenvalue weighted by atomic mass is 9.84. The second-order valence-electron chi connectivity index (χ2n) is 16.7. The van der Waals surface area contributed by atoms with Crippen LogP contribution in [0, 0.1) is 35.0 Å². The number of amides is 3. The second-order valence-corrected chi connectivity index (χ2v) is 16.7. The number of hydrogen-bond donors (Lipinski definition) is 3. The van der Waals surface area contributed by atoms with Crippen molar-refractivity contribution in [3.05, 3.63) is 35.9 Å². The highest BCUT2D eigenvalue weighted by molar-refractivity contribution is 5.90. The molecule has 0 aromatic heterocycles. The Kier molecular flexibility index (Phi) is 16.7. The van der Waals surface area contributed by atoms with Crippen LogP contribution in [0.15, 0.2) is 30.3 Å². The van der Waals surface area contributed by atoms with Crippen LogP contribution in [0.4, 0.5) is 0 Å². The van der Waals surface area contributed by atoms with E-state index in [1.165, 1.54) is 7.11 Å². The van der Waals surface area contributed by atoms with Crippen LogP contribution < -0.4 is 10.6 Å². The number of carbonyl (C=O) groups is 5. The van der Waals surface area contributed by atoms with Crippen LogP contribution in [-0.2, 0) is 39.9 Å². The Hall–Kier alpha value is -3.35. The van der Waals surface area contributed by atoms with Crippen molar-refractivity contribution in [3.8, 4) is 0 Å². The molecule has 304 valence electrons.